The SMILES string of the molecule is N=CC(C=NCCCN1CCOCC1)c1cncc(-c2cc(-c3ccccc3F)nc3ncccc23)c1. The first-order valence-electron chi connectivity index (χ1n) is 12.5. The highest BCUT2D eigenvalue weighted by Gasteiger charge is 2.15. The molecule has 188 valence electrons. The van der Waals surface area contributed by atoms with Gasteiger partial charge in [0.15, 0.2) is 5.65 Å². The number of rotatable bonds is 9. The molecule has 0 radical (unpaired) electrons. The zero-order valence-electron chi connectivity index (χ0n) is 20.6. The van der Waals surface area contributed by atoms with Crippen molar-refractivity contribution in [2.45, 2.75) is 12.3 Å². The van der Waals surface area contributed by atoms with Gasteiger partial charge in [0.2, 0.25) is 0 Å². The third kappa shape index (κ3) is 5.93. The number of aliphatic imine (C=N–C) groups is 1. The van der Waals surface area contributed by atoms with Gasteiger partial charge in [0, 0.05) is 73.7 Å². The number of ether oxygens (including phenoxy) is 1. The largest absolute Gasteiger partial charge is 0.379 e. The van der Waals surface area contributed by atoms with Crippen molar-refractivity contribution in [2.24, 2.45) is 4.99 Å². The maximum absolute atomic E-state index is 14.6. The molecule has 1 aromatic carbocycles. The van der Waals surface area contributed by atoms with Crippen molar-refractivity contribution in [1.29, 1.82) is 5.41 Å². The van der Waals surface area contributed by atoms with E-state index in [0.29, 0.717) is 23.4 Å². The molecule has 37 heavy (non-hydrogen) atoms. The van der Waals surface area contributed by atoms with Gasteiger partial charge in [-0.3, -0.25) is 14.9 Å². The first-order valence-corrected chi connectivity index (χ1v) is 12.5. The van der Waals surface area contributed by atoms with E-state index in [1.54, 1.807) is 36.8 Å². The lowest BCUT2D eigenvalue weighted by Gasteiger charge is -2.26. The normalized spacial score (nSPS) is 15.3. The lowest BCUT2D eigenvalue weighted by molar-refractivity contribution is 0.0377. The maximum atomic E-state index is 14.6. The van der Waals surface area contributed by atoms with E-state index >= 15 is 0 Å². The molecule has 7 nitrogen and oxygen atoms in total. The molecule has 0 amide bonds. The molecule has 4 aromatic rings. The van der Waals surface area contributed by atoms with Crippen molar-refractivity contribution in [3.8, 4) is 22.4 Å². The van der Waals surface area contributed by atoms with E-state index in [4.69, 9.17) is 10.1 Å². The Bertz CT molecular complexity index is 1400. The van der Waals surface area contributed by atoms with Crippen LogP contribution in [0.1, 0.15) is 17.9 Å². The minimum absolute atomic E-state index is 0.284. The van der Waals surface area contributed by atoms with Crippen LogP contribution in [0.3, 0.4) is 0 Å². The van der Waals surface area contributed by atoms with E-state index < -0.39 is 0 Å². The van der Waals surface area contributed by atoms with Crippen molar-refractivity contribution >= 4 is 23.5 Å². The summed E-state index contributed by atoms with van der Waals surface area (Å²) in [7, 11) is 0. The molecule has 1 N–H and O–H groups in total. The van der Waals surface area contributed by atoms with E-state index in [0.717, 1.165) is 61.3 Å². The van der Waals surface area contributed by atoms with Gasteiger partial charge in [-0.2, -0.15) is 0 Å². The van der Waals surface area contributed by atoms with Crippen molar-refractivity contribution in [3.63, 3.8) is 0 Å². The number of halogens is 1. The van der Waals surface area contributed by atoms with Gasteiger partial charge in [-0.15, -0.1) is 0 Å². The highest BCUT2D eigenvalue weighted by Crippen LogP contribution is 2.32. The molecule has 0 spiro atoms. The summed E-state index contributed by atoms with van der Waals surface area (Å²) >= 11 is 0. The van der Waals surface area contributed by atoms with E-state index in [-0.39, 0.29) is 11.7 Å². The highest BCUT2D eigenvalue weighted by atomic mass is 19.1. The van der Waals surface area contributed by atoms with Crippen LogP contribution < -0.4 is 0 Å². The Balaban J connectivity index is 1.40. The van der Waals surface area contributed by atoms with Crippen LogP contribution >= 0.6 is 0 Å². The minimum atomic E-state index is -0.336. The zero-order chi connectivity index (χ0) is 25.5. The summed E-state index contributed by atoms with van der Waals surface area (Å²) in [5.41, 5.74) is 4.04. The molecule has 1 unspecified atom stereocenters. The van der Waals surface area contributed by atoms with Crippen LogP contribution in [0.4, 0.5) is 4.39 Å². The van der Waals surface area contributed by atoms with Crippen LogP contribution in [0.2, 0.25) is 0 Å². The molecule has 1 fully saturated rings. The molecule has 1 atom stereocenters. The smallest absolute Gasteiger partial charge is 0.160 e. The van der Waals surface area contributed by atoms with Crippen molar-refractivity contribution < 1.29 is 9.13 Å². The number of pyridine rings is 3. The van der Waals surface area contributed by atoms with Crippen LogP contribution in [0.5, 0.6) is 0 Å². The molecular formula is C29H29FN6O. The Hall–Kier alpha value is -3.88. The average molecular weight is 497 g/mol. The summed E-state index contributed by atoms with van der Waals surface area (Å²) in [6.45, 7) is 5.26. The van der Waals surface area contributed by atoms with Crippen molar-refractivity contribution in [3.05, 3.63) is 78.5 Å². The number of hydrogen-bond donors (Lipinski definition) is 1. The number of nitrogens with one attached hydrogen (secondary N) is 1. The summed E-state index contributed by atoms with van der Waals surface area (Å²) in [6.07, 6.45) is 9.39. The van der Waals surface area contributed by atoms with Crippen LogP contribution in [0.15, 0.2) is 72.1 Å². The van der Waals surface area contributed by atoms with E-state index in [1.165, 1.54) is 12.3 Å². The molecule has 5 rings (SSSR count). The average Bonchev–Trinajstić information content (AvgIpc) is 2.95. The van der Waals surface area contributed by atoms with Gasteiger partial charge in [0.25, 0.3) is 0 Å². The summed E-state index contributed by atoms with van der Waals surface area (Å²) in [5, 5.41) is 8.84. The molecule has 3 aromatic heterocycles. The topological polar surface area (TPSA) is 87.4 Å². The fourth-order valence-corrected chi connectivity index (χ4v) is 4.51. The fraction of sp³-hybridized carbons (Fsp3) is 0.276. The second kappa shape index (κ2) is 11.9. The molecule has 4 heterocycles. The number of aromatic nitrogens is 3. The van der Waals surface area contributed by atoms with Crippen molar-refractivity contribution in [1.82, 2.24) is 19.9 Å². The van der Waals surface area contributed by atoms with Crippen LogP contribution in [-0.4, -0.2) is 71.7 Å². The van der Waals surface area contributed by atoms with Gasteiger partial charge in [0.05, 0.1) is 24.8 Å². The molecule has 0 saturated carbocycles. The predicted molar refractivity (Wildman–Crippen MR) is 145 cm³/mol. The fourth-order valence-electron chi connectivity index (χ4n) is 4.51. The van der Waals surface area contributed by atoms with Gasteiger partial charge in [-0.25, -0.2) is 14.4 Å². The Morgan fingerprint density at radius 3 is 2.78 bits per heavy atom. The number of hydrogen-bond acceptors (Lipinski definition) is 7. The van der Waals surface area contributed by atoms with Crippen LogP contribution in [0.25, 0.3) is 33.4 Å². The third-order valence-corrected chi connectivity index (χ3v) is 6.50. The van der Waals surface area contributed by atoms with Crippen LogP contribution in [0, 0.1) is 11.2 Å². The van der Waals surface area contributed by atoms with Gasteiger partial charge >= 0.3 is 0 Å². The Labute approximate surface area is 215 Å². The zero-order valence-corrected chi connectivity index (χ0v) is 20.6. The first kappa shape index (κ1) is 24.8. The lowest BCUT2D eigenvalue weighted by atomic mass is 9.96. The third-order valence-electron chi connectivity index (χ3n) is 6.50. The van der Waals surface area contributed by atoms with Crippen LogP contribution in [-0.2, 0) is 4.74 Å². The summed E-state index contributed by atoms with van der Waals surface area (Å²) in [6, 6.07) is 14.3. The molecule has 0 bridgehead atoms. The second-order valence-corrected chi connectivity index (χ2v) is 8.97. The van der Waals surface area contributed by atoms with E-state index in [2.05, 4.69) is 24.8 Å². The summed E-state index contributed by atoms with van der Waals surface area (Å²) < 4.78 is 20.0. The number of morpholine rings is 1. The Morgan fingerprint density at radius 2 is 1.95 bits per heavy atom. The highest BCUT2D eigenvalue weighted by molar-refractivity contribution is 5.95. The van der Waals surface area contributed by atoms with Gasteiger partial charge in [0.1, 0.15) is 5.82 Å². The molecule has 8 heteroatoms. The Kier molecular flexibility index (Phi) is 7.98. The number of nitrogens with zero attached hydrogens (tertiary/aromatic N) is 5. The summed E-state index contributed by atoms with van der Waals surface area (Å²) in [5.74, 6) is -0.620. The number of fused-ring (bicyclic) bond motifs is 1. The molecule has 1 aliphatic rings. The van der Waals surface area contributed by atoms with Crippen molar-refractivity contribution in [2.75, 3.05) is 39.4 Å². The Morgan fingerprint density at radius 1 is 1.08 bits per heavy atom. The van der Waals surface area contributed by atoms with E-state index in [1.807, 2.05) is 30.5 Å². The molecule has 1 saturated heterocycles. The second-order valence-electron chi connectivity index (χ2n) is 8.97. The standard InChI is InChI=1S/C29H29FN6O/c30-27-7-2-1-5-25(27)28-16-26(24-6-3-9-34-29(24)35-28)22-15-21(18-33-19-22)23(17-31)20-32-8-4-10-36-11-13-37-14-12-36/h1-3,5-7,9,15-20,23,31H,4,8,10-14H2. The first-order chi connectivity index (χ1) is 18.2. The van der Waals surface area contributed by atoms with Gasteiger partial charge in [-0.1, -0.05) is 12.1 Å². The molecular weight excluding hydrogens is 467 g/mol. The number of benzene rings is 1. The molecule has 0 aliphatic carbocycles. The molecule has 1 aliphatic heterocycles. The monoisotopic (exact) mass is 496 g/mol. The lowest BCUT2D eigenvalue weighted by Crippen LogP contribution is -2.37. The van der Waals surface area contributed by atoms with Gasteiger partial charge in [-0.05, 0) is 53.9 Å². The quantitative estimate of drug-likeness (QED) is 0.260. The summed E-state index contributed by atoms with van der Waals surface area (Å²) in [4.78, 5) is 20.5. The van der Waals surface area contributed by atoms with E-state index in [9.17, 15) is 4.39 Å². The maximum Gasteiger partial charge on any atom is 0.160 e. The predicted octanol–water partition coefficient (Wildman–Crippen LogP) is 5.02. The van der Waals surface area contributed by atoms with Gasteiger partial charge < -0.3 is 10.1 Å². The minimum Gasteiger partial charge on any atom is -0.379 e.